The summed E-state index contributed by atoms with van der Waals surface area (Å²) >= 11 is 0. The number of benzene rings is 2. The molecule has 2 heteroatoms. The Balaban J connectivity index is 1.85. The summed E-state index contributed by atoms with van der Waals surface area (Å²) in [7, 11) is 0. The maximum atomic E-state index is 4.62. The van der Waals surface area contributed by atoms with Gasteiger partial charge in [-0.25, -0.2) is 0 Å². The van der Waals surface area contributed by atoms with Gasteiger partial charge in [-0.1, -0.05) is 60.7 Å². The van der Waals surface area contributed by atoms with E-state index in [9.17, 15) is 0 Å². The molecule has 0 aliphatic carbocycles. The van der Waals surface area contributed by atoms with Crippen molar-refractivity contribution in [1.29, 1.82) is 0 Å². The first-order valence-corrected chi connectivity index (χ1v) is 6.92. The van der Waals surface area contributed by atoms with E-state index in [2.05, 4.69) is 77.4 Å². The second-order valence-corrected chi connectivity index (χ2v) is 5.08. The molecular formula is C18H18N2. The van der Waals surface area contributed by atoms with Crippen LogP contribution in [0.3, 0.4) is 0 Å². The quantitative estimate of drug-likeness (QED) is 0.698. The molecule has 0 aliphatic rings. The molecule has 0 N–H and O–H groups in total. The van der Waals surface area contributed by atoms with Crippen LogP contribution >= 0.6 is 0 Å². The molecule has 0 aliphatic heterocycles. The minimum absolute atomic E-state index is 0.830. The zero-order chi connectivity index (χ0) is 13.8. The van der Waals surface area contributed by atoms with Crippen molar-refractivity contribution < 1.29 is 0 Å². The number of hydrogen-bond acceptors (Lipinski definition) is 1. The molecular weight excluding hydrogens is 244 g/mol. The van der Waals surface area contributed by atoms with Crippen molar-refractivity contribution >= 4 is 0 Å². The van der Waals surface area contributed by atoms with Crippen molar-refractivity contribution in [1.82, 2.24) is 9.78 Å². The van der Waals surface area contributed by atoms with Crippen molar-refractivity contribution in [2.24, 2.45) is 0 Å². The van der Waals surface area contributed by atoms with Gasteiger partial charge in [-0.2, -0.15) is 5.10 Å². The fourth-order valence-corrected chi connectivity index (χ4v) is 2.44. The van der Waals surface area contributed by atoms with Gasteiger partial charge < -0.3 is 0 Å². The van der Waals surface area contributed by atoms with Crippen LogP contribution in [0.2, 0.25) is 0 Å². The number of aryl methyl sites for hydroxylation is 1. The number of nitrogens with zero attached hydrogens (tertiary/aromatic N) is 2. The zero-order valence-corrected chi connectivity index (χ0v) is 11.7. The highest BCUT2D eigenvalue weighted by Gasteiger charge is 2.07. The first kappa shape index (κ1) is 12.7. The van der Waals surface area contributed by atoms with Crippen LogP contribution in [-0.2, 0) is 13.0 Å². The lowest BCUT2D eigenvalue weighted by Gasteiger charge is -2.08. The Hall–Kier alpha value is -2.35. The van der Waals surface area contributed by atoms with Crippen molar-refractivity contribution in [2.75, 3.05) is 0 Å². The highest BCUT2D eigenvalue weighted by molar-refractivity contribution is 5.24. The van der Waals surface area contributed by atoms with Crippen molar-refractivity contribution in [3.63, 3.8) is 0 Å². The van der Waals surface area contributed by atoms with Gasteiger partial charge in [0.1, 0.15) is 0 Å². The lowest BCUT2D eigenvalue weighted by atomic mass is 10.1. The minimum Gasteiger partial charge on any atom is -0.265 e. The van der Waals surface area contributed by atoms with Gasteiger partial charge >= 0.3 is 0 Å². The van der Waals surface area contributed by atoms with Crippen LogP contribution in [0.5, 0.6) is 0 Å². The van der Waals surface area contributed by atoms with Gasteiger partial charge in [0, 0.05) is 12.1 Å². The Morgan fingerprint density at radius 3 is 2.10 bits per heavy atom. The Labute approximate surface area is 119 Å². The fraction of sp³-hybridized carbons (Fsp3) is 0.167. The molecule has 0 saturated heterocycles. The predicted molar refractivity (Wildman–Crippen MR) is 81.8 cm³/mol. The molecule has 2 aromatic carbocycles. The first-order chi connectivity index (χ1) is 9.81. The minimum atomic E-state index is 0.830. The van der Waals surface area contributed by atoms with E-state index >= 15 is 0 Å². The average molecular weight is 262 g/mol. The van der Waals surface area contributed by atoms with Crippen molar-refractivity contribution in [2.45, 2.75) is 19.9 Å². The summed E-state index contributed by atoms with van der Waals surface area (Å²) < 4.78 is 2.11. The lowest BCUT2D eigenvalue weighted by Crippen LogP contribution is -2.06. The van der Waals surface area contributed by atoms with E-state index in [-0.39, 0.29) is 0 Å². The van der Waals surface area contributed by atoms with Crippen LogP contribution in [0.15, 0.2) is 66.7 Å². The number of rotatable bonds is 4. The SMILES string of the molecule is Cc1cc(Cc2ccccc2)n(Cc2ccccc2)n1. The monoisotopic (exact) mass is 262 g/mol. The standard InChI is InChI=1S/C18H18N2/c1-15-12-18(13-16-8-4-2-5-9-16)20(19-15)14-17-10-6-3-7-11-17/h2-12H,13-14H2,1H3. The molecule has 0 spiro atoms. The van der Waals surface area contributed by atoms with Gasteiger partial charge in [0.05, 0.1) is 12.2 Å². The molecule has 2 nitrogen and oxygen atoms in total. The van der Waals surface area contributed by atoms with Gasteiger partial charge in [-0.05, 0) is 24.1 Å². The van der Waals surface area contributed by atoms with E-state index in [1.165, 1.54) is 16.8 Å². The highest BCUT2D eigenvalue weighted by atomic mass is 15.3. The maximum absolute atomic E-state index is 4.62. The molecule has 0 radical (unpaired) electrons. The third kappa shape index (κ3) is 2.97. The number of hydrogen-bond donors (Lipinski definition) is 0. The Morgan fingerprint density at radius 2 is 1.45 bits per heavy atom. The lowest BCUT2D eigenvalue weighted by molar-refractivity contribution is 0.648. The van der Waals surface area contributed by atoms with Gasteiger partial charge in [0.15, 0.2) is 0 Å². The molecule has 100 valence electrons. The van der Waals surface area contributed by atoms with E-state index < -0.39 is 0 Å². The third-order valence-electron chi connectivity index (χ3n) is 3.39. The van der Waals surface area contributed by atoms with Gasteiger partial charge in [-0.3, -0.25) is 4.68 Å². The average Bonchev–Trinajstić information content (AvgIpc) is 2.81. The summed E-state index contributed by atoms with van der Waals surface area (Å²) in [6.07, 6.45) is 0.925. The molecule has 0 fully saturated rings. The van der Waals surface area contributed by atoms with E-state index in [1.807, 2.05) is 6.07 Å². The summed E-state index contributed by atoms with van der Waals surface area (Å²) in [6, 6.07) is 23.2. The summed E-state index contributed by atoms with van der Waals surface area (Å²) in [6.45, 7) is 2.88. The Bertz CT molecular complexity index is 610. The summed E-state index contributed by atoms with van der Waals surface area (Å²) in [4.78, 5) is 0. The van der Waals surface area contributed by atoms with Crippen molar-refractivity contribution in [3.8, 4) is 0 Å². The third-order valence-corrected chi connectivity index (χ3v) is 3.39. The maximum Gasteiger partial charge on any atom is 0.0662 e. The molecule has 0 unspecified atom stereocenters. The molecule has 0 bridgehead atoms. The van der Waals surface area contributed by atoms with Crippen LogP contribution in [0.1, 0.15) is 22.5 Å². The predicted octanol–water partition coefficient (Wildman–Crippen LogP) is 3.83. The van der Waals surface area contributed by atoms with Crippen molar-refractivity contribution in [3.05, 3.63) is 89.2 Å². The smallest absolute Gasteiger partial charge is 0.0662 e. The van der Waals surface area contributed by atoms with Gasteiger partial charge in [0.2, 0.25) is 0 Å². The molecule has 0 saturated carbocycles. The van der Waals surface area contributed by atoms with Gasteiger partial charge in [0.25, 0.3) is 0 Å². The van der Waals surface area contributed by atoms with Crippen LogP contribution in [-0.4, -0.2) is 9.78 Å². The molecule has 3 rings (SSSR count). The van der Waals surface area contributed by atoms with E-state index in [1.54, 1.807) is 0 Å². The second-order valence-electron chi connectivity index (χ2n) is 5.08. The van der Waals surface area contributed by atoms with E-state index in [0.29, 0.717) is 0 Å². The molecule has 0 atom stereocenters. The first-order valence-electron chi connectivity index (χ1n) is 6.92. The molecule has 1 heterocycles. The molecule has 0 amide bonds. The summed E-state index contributed by atoms with van der Waals surface area (Å²) in [5, 5.41) is 4.62. The zero-order valence-electron chi connectivity index (χ0n) is 11.7. The Morgan fingerprint density at radius 1 is 0.850 bits per heavy atom. The molecule has 20 heavy (non-hydrogen) atoms. The van der Waals surface area contributed by atoms with E-state index in [4.69, 9.17) is 0 Å². The Kier molecular flexibility index (Phi) is 3.64. The van der Waals surface area contributed by atoms with E-state index in [0.717, 1.165) is 18.7 Å². The topological polar surface area (TPSA) is 17.8 Å². The highest BCUT2D eigenvalue weighted by Crippen LogP contribution is 2.13. The molecule has 3 aromatic rings. The molecule has 1 aromatic heterocycles. The van der Waals surface area contributed by atoms with Crippen LogP contribution < -0.4 is 0 Å². The van der Waals surface area contributed by atoms with Crippen LogP contribution in [0, 0.1) is 6.92 Å². The number of aromatic nitrogens is 2. The fourth-order valence-electron chi connectivity index (χ4n) is 2.44. The summed E-state index contributed by atoms with van der Waals surface area (Å²) in [5.41, 5.74) is 4.94. The second kappa shape index (κ2) is 5.74. The largest absolute Gasteiger partial charge is 0.265 e. The normalized spacial score (nSPS) is 10.7. The summed E-state index contributed by atoms with van der Waals surface area (Å²) in [5.74, 6) is 0. The van der Waals surface area contributed by atoms with Crippen LogP contribution in [0.25, 0.3) is 0 Å². The van der Waals surface area contributed by atoms with Gasteiger partial charge in [-0.15, -0.1) is 0 Å². The van der Waals surface area contributed by atoms with Crippen LogP contribution in [0.4, 0.5) is 0 Å².